The van der Waals surface area contributed by atoms with Crippen LogP contribution in [0.1, 0.15) is 20.3 Å². The Morgan fingerprint density at radius 2 is 2.09 bits per heavy atom. The number of hydrogen-bond donors (Lipinski definition) is 1. The molecule has 5 nitrogen and oxygen atoms in total. The van der Waals surface area contributed by atoms with E-state index in [0.717, 1.165) is 37.6 Å². The van der Waals surface area contributed by atoms with Gasteiger partial charge in [-0.05, 0) is 37.6 Å². The molecule has 1 fully saturated rings. The van der Waals surface area contributed by atoms with E-state index in [0.29, 0.717) is 19.1 Å². The first-order valence-electron chi connectivity index (χ1n) is 8.57. The SMILES string of the molecule is CCCN(CC1COc2ccccc2O1)C(=O)C(C)C1CNC1. The van der Waals surface area contributed by atoms with Crippen LogP contribution in [0.4, 0.5) is 0 Å². The highest BCUT2D eigenvalue weighted by Crippen LogP contribution is 2.31. The molecule has 0 saturated carbocycles. The number of ether oxygens (including phenoxy) is 2. The normalized spacial score (nSPS) is 21.4. The largest absolute Gasteiger partial charge is 0.486 e. The summed E-state index contributed by atoms with van der Waals surface area (Å²) in [6.45, 7) is 7.89. The molecule has 2 heterocycles. The molecule has 2 aliphatic heterocycles. The molecule has 0 aliphatic carbocycles. The van der Waals surface area contributed by atoms with E-state index < -0.39 is 0 Å². The van der Waals surface area contributed by atoms with Crippen LogP contribution in [0.2, 0.25) is 0 Å². The molecule has 0 aromatic heterocycles. The molecule has 3 rings (SSSR count). The van der Waals surface area contributed by atoms with Crippen molar-refractivity contribution in [1.29, 1.82) is 0 Å². The van der Waals surface area contributed by atoms with Crippen LogP contribution in [0.3, 0.4) is 0 Å². The number of rotatable bonds is 6. The monoisotopic (exact) mass is 318 g/mol. The van der Waals surface area contributed by atoms with Gasteiger partial charge in [0.1, 0.15) is 6.61 Å². The van der Waals surface area contributed by atoms with Crippen LogP contribution in [0, 0.1) is 11.8 Å². The summed E-state index contributed by atoms with van der Waals surface area (Å²) in [5.41, 5.74) is 0. The molecule has 23 heavy (non-hydrogen) atoms. The molecule has 1 N–H and O–H groups in total. The van der Waals surface area contributed by atoms with Crippen molar-refractivity contribution in [2.45, 2.75) is 26.4 Å². The average molecular weight is 318 g/mol. The summed E-state index contributed by atoms with van der Waals surface area (Å²) in [5, 5.41) is 3.24. The minimum atomic E-state index is -0.105. The maximum atomic E-state index is 12.8. The highest BCUT2D eigenvalue weighted by atomic mass is 16.6. The molecule has 0 spiro atoms. The van der Waals surface area contributed by atoms with Crippen LogP contribution >= 0.6 is 0 Å². The summed E-state index contributed by atoms with van der Waals surface area (Å²) in [6, 6.07) is 7.69. The van der Waals surface area contributed by atoms with E-state index in [1.165, 1.54) is 0 Å². The van der Waals surface area contributed by atoms with Gasteiger partial charge in [0.15, 0.2) is 17.6 Å². The highest BCUT2D eigenvalue weighted by molar-refractivity contribution is 5.79. The molecule has 1 amide bonds. The second-order valence-corrected chi connectivity index (χ2v) is 6.49. The minimum Gasteiger partial charge on any atom is -0.486 e. The fourth-order valence-electron chi connectivity index (χ4n) is 3.11. The lowest BCUT2D eigenvalue weighted by molar-refractivity contribution is -0.139. The molecule has 2 unspecified atom stereocenters. The molecule has 5 heteroatoms. The van der Waals surface area contributed by atoms with Crippen molar-refractivity contribution < 1.29 is 14.3 Å². The quantitative estimate of drug-likeness (QED) is 0.871. The zero-order valence-electron chi connectivity index (χ0n) is 14.0. The van der Waals surface area contributed by atoms with Crippen molar-refractivity contribution in [1.82, 2.24) is 10.2 Å². The van der Waals surface area contributed by atoms with Gasteiger partial charge in [0.05, 0.1) is 6.54 Å². The smallest absolute Gasteiger partial charge is 0.225 e. The van der Waals surface area contributed by atoms with Crippen LogP contribution < -0.4 is 14.8 Å². The lowest BCUT2D eigenvalue weighted by atomic mass is 9.88. The first kappa shape index (κ1) is 16.1. The van der Waals surface area contributed by atoms with E-state index in [2.05, 4.69) is 12.2 Å². The highest BCUT2D eigenvalue weighted by Gasteiger charge is 2.33. The maximum Gasteiger partial charge on any atom is 0.225 e. The number of fused-ring (bicyclic) bond motifs is 1. The van der Waals surface area contributed by atoms with Gasteiger partial charge in [0.2, 0.25) is 5.91 Å². The summed E-state index contributed by atoms with van der Waals surface area (Å²) in [6.07, 6.45) is 0.845. The minimum absolute atomic E-state index is 0.0691. The Hall–Kier alpha value is -1.75. The Labute approximate surface area is 137 Å². The van der Waals surface area contributed by atoms with Gasteiger partial charge < -0.3 is 19.7 Å². The molecule has 2 aliphatic rings. The van der Waals surface area contributed by atoms with Crippen molar-refractivity contribution in [3.63, 3.8) is 0 Å². The number of nitrogens with zero attached hydrogens (tertiary/aromatic N) is 1. The third kappa shape index (κ3) is 3.61. The molecular formula is C18H26N2O3. The summed E-state index contributed by atoms with van der Waals surface area (Å²) in [4.78, 5) is 14.7. The summed E-state index contributed by atoms with van der Waals surface area (Å²) >= 11 is 0. The van der Waals surface area contributed by atoms with Gasteiger partial charge in [0, 0.05) is 12.5 Å². The van der Waals surface area contributed by atoms with Crippen LogP contribution in [0.25, 0.3) is 0 Å². The molecule has 1 saturated heterocycles. The van der Waals surface area contributed by atoms with Gasteiger partial charge in [0.25, 0.3) is 0 Å². The Bertz CT molecular complexity index is 545. The standard InChI is InChI=1S/C18H26N2O3/c1-3-8-20(18(21)13(2)14-9-19-10-14)11-15-12-22-16-6-4-5-7-17(16)23-15/h4-7,13-15,19H,3,8-12H2,1-2H3. The molecular weight excluding hydrogens is 292 g/mol. The average Bonchev–Trinajstić information content (AvgIpc) is 2.52. The van der Waals surface area contributed by atoms with Crippen molar-refractivity contribution >= 4 is 5.91 Å². The van der Waals surface area contributed by atoms with E-state index in [1.54, 1.807) is 0 Å². The zero-order chi connectivity index (χ0) is 16.2. The maximum absolute atomic E-state index is 12.8. The Morgan fingerprint density at radius 1 is 1.35 bits per heavy atom. The van der Waals surface area contributed by atoms with Crippen molar-refractivity contribution in [2.75, 3.05) is 32.8 Å². The number of nitrogens with one attached hydrogen (secondary N) is 1. The van der Waals surface area contributed by atoms with Crippen LogP contribution in [-0.2, 0) is 4.79 Å². The predicted molar refractivity (Wildman–Crippen MR) is 88.7 cm³/mol. The Morgan fingerprint density at radius 3 is 2.74 bits per heavy atom. The van der Waals surface area contributed by atoms with E-state index >= 15 is 0 Å². The molecule has 1 aromatic carbocycles. The van der Waals surface area contributed by atoms with E-state index in [1.807, 2.05) is 36.1 Å². The number of hydrogen-bond acceptors (Lipinski definition) is 4. The number of para-hydroxylation sites is 2. The topological polar surface area (TPSA) is 50.8 Å². The van der Waals surface area contributed by atoms with E-state index in [4.69, 9.17) is 9.47 Å². The van der Waals surface area contributed by atoms with Crippen LogP contribution in [0.15, 0.2) is 24.3 Å². The molecule has 0 radical (unpaired) electrons. The number of amides is 1. The van der Waals surface area contributed by atoms with Crippen LogP contribution in [-0.4, -0.2) is 49.7 Å². The lowest BCUT2D eigenvalue weighted by Crippen LogP contribution is -2.52. The second-order valence-electron chi connectivity index (χ2n) is 6.49. The van der Waals surface area contributed by atoms with Crippen molar-refractivity contribution in [2.24, 2.45) is 11.8 Å². The van der Waals surface area contributed by atoms with Gasteiger partial charge >= 0.3 is 0 Å². The number of carbonyl (C=O) groups excluding carboxylic acids is 1. The lowest BCUT2D eigenvalue weighted by Gasteiger charge is -2.37. The zero-order valence-corrected chi connectivity index (χ0v) is 14.0. The Kier molecular flexibility index (Phi) is 5.06. The van der Waals surface area contributed by atoms with E-state index in [9.17, 15) is 4.79 Å². The van der Waals surface area contributed by atoms with E-state index in [-0.39, 0.29) is 17.9 Å². The first-order valence-corrected chi connectivity index (χ1v) is 8.57. The fourth-order valence-corrected chi connectivity index (χ4v) is 3.11. The Balaban J connectivity index is 1.62. The molecule has 1 aromatic rings. The predicted octanol–water partition coefficient (Wildman–Crippen LogP) is 1.92. The van der Waals surface area contributed by atoms with Crippen molar-refractivity contribution in [3.05, 3.63) is 24.3 Å². The molecule has 2 atom stereocenters. The number of benzene rings is 1. The van der Waals surface area contributed by atoms with Crippen LogP contribution in [0.5, 0.6) is 11.5 Å². The third-order valence-corrected chi connectivity index (χ3v) is 4.71. The summed E-state index contributed by atoms with van der Waals surface area (Å²) in [7, 11) is 0. The van der Waals surface area contributed by atoms with Gasteiger partial charge in [-0.25, -0.2) is 0 Å². The van der Waals surface area contributed by atoms with Gasteiger partial charge in [-0.15, -0.1) is 0 Å². The van der Waals surface area contributed by atoms with Crippen molar-refractivity contribution in [3.8, 4) is 11.5 Å². The fraction of sp³-hybridized carbons (Fsp3) is 0.611. The third-order valence-electron chi connectivity index (χ3n) is 4.71. The second kappa shape index (κ2) is 7.21. The van der Waals surface area contributed by atoms with Gasteiger partial charge in [-0.2, -0.15) is 0 Å². The molecule has 0 bridgehead atoms. The summed E-state index contributed by atoms with van der Waals surface area (Å²) in [5.74, 6) is 2.32. The summed E-state index contributed by atoms with van der Waals surface area (Å²) < 4.78 is 11.8. The molecule has 126 valence electrons. The van der Waals surface area contributed by atoms with Gasteiger partial charge in [-0.1, -0.05) is 26.0 Å². The number of carbonyl (C=O) groups is 1. The first-order chi connectivity index (χ1) is 11.2. The van der Waals surface area contributed by atoms with Gasteiger partial charge in [-0.3, -0.25) is 4.79 Å².